The number of rotatable bonds is 2. The number of hydrogen-bond donors (Lipinski definition) is 2. The fourth-order valence-corrected chi connectivity index (χ4v) is 1.22. The minimum absolute atomic E-state index is 0.0950. The predicted molar refractivity (Wildman–Crippen MR) is 61.9 cm³/mol. The Morgan fingerprint density at radius 3 is 2.73 bits per heavy atom. The smallest absolute Gasteiger partial charge is 0.337 e. The molecule has 0 saturated carbocycles. The molecule has 0 amide bonds. The summed E-state index contributed by atoms with van der Waals surface area (Å²) in [5.74, 6) is -1.03. The summed E-state index contributed by atoms with van der Waals surface area (Å²) in [7, 11) is 0. The Hall–Kier alpha value is -2.03. The largest absolute Gasteiger partial charge is 0.478 e. The van der Waals surface area contributed by atoms with E-state index in [-0.39, 0.29) is 11.3 Å². The average Bonchev–Trinajstić information content (AvgIpc) is 2.18. The fraction of sp³-hybridized carbons (Fsp3) is 0.0833. The second-order valence-electron chi connectivity index (χ2n) is 3.14. The van der Waals surface area contributed by atoms with E-state index in [9.17, 15) is 4.79 Å². The minimum atomic E-state index is -1.03. The van der Waals surface area contributed by atoms with Gasteiger partial charge in [0.2, 0.25) is 0 Å². The van der Waals surface area contributed by atoms with E-state index in [1.165, 1.54) is 6.07 Å². The van der Waals surface area contributed by atoms with Crippen LogP contribution in [-0.4, -0.2) is 11.1 Å². The molecule has 0 aliphatic heterocycles. The number of carbonyl (C=O) groups is 1. The van der Waals surface area contributed by atoms with Crippen LogP contribution in [0, 0.1) is 0 Å². The van der Waals surface area contributed by atoms with Crippen molar-refractivity contribution < 1.29 is 9.90 Å². The third kappa shape index (κ3) is 2.47. The van der Waals surface area contributed by atoms with Crippen molar-refractivity contribution in [1.82, 2.24) is 0 Å². The first-order valence-corrected chi connectivity index (χ1v) is 4.51. The first-order valence-electron chi connectivity index (χ1n) is 4.51. The first-order chi connectivity index (χ1) is 7.06. The van der Waals surface area contributed by atoms with Crippen molar-refractivity contribution in [2.24, 2.45) is 0 Å². The molecule has 3 nitrogen and oxygen atoms in total. The maximum absolute atomic E-state index is 10.8. The highest BCUT2D eigenvalue weighted by molar-refractivity contribution is 5.93. The molecule has 3 N–H and O–H groups in total. The molecule has 0 aromatic heterocycles. The molecule has 1 rings (SSSR count). The normalized spacial score (nSPS) is 12.2. The number of nitrogen functional groups attached to an aromatic ring is 1. The van der Waals surface area contributed by atoms with Crippen molar-refractivity contribution in [3.8, 4) is 0 Å². The lowest BCUT2D eigenvalue weighted by Gasteiger charge is -2.00. The molecule has 0 atom stereocenters. The van der Waals surface area contributed by atoms with Crippen molar-refractivity contribution in [3.63, 3.8) is 0 Å². The molecule has 0 radical (unpaired) electrons. The number of carboxylic acid groups (broad SMARTS) is 1. The molecule has 0 spiro atoms. The average molecular weight is 203 g/mol. The maximum Gasteiger partial charge on any atom is 0.337 e. The summed E-state index contributed by atoms with van der Waals surface area (Å²) in [6, 6.07) is 3.10. The van der Waals surface area contributed by atoms with Gasteiger partial charge in [0.25, 0.3) is 0 Å². The van der Waals surface area contributed by atoms with E-state index in [4.69, 9.17) is 10.8 Å². The highest BCUT2D eigenvalue weighted by Crippen LogP contribution is 2.04. The van der Waals surface area contributed by atoms with Crippen LogP contribution >= 0.6 is 0 Å². The van der Waals surface area contributed by atoms with Crippen LogP contribution in [0.15, 0.2) is 24.3 Å². The van der Waals surface area contributed by atoms with Crippen molar-refractivity contribution in [2.75, 3.05) is 5.73 Å². The van der Waals surface area contributed by atoms with Gasteiger partial charge in [-0.25, -0.2) is 4.79 Å². The number of aromatic carboxylic acids is 1. The van der Waals surface area contributed by atoms with Crippen LogP contribution in [0.1, 0.15) is 17.3 Å². The third-order valence-corrected chi connectivity index (χ3v) is 2.01. The standard InChI is InChI=1S/C12H13NO2/c1-3-4-5-9-7-11(13)10(12(14)15)6-8(9)2/h3-7H,2,13H2,1H3,(H,14,15)/b4-3-,9-5-. The van der Waals surface area contributed by atoms with Crippen molar-refractivity contribution in [1.29, 1.82) is 0 Å². The van der Waals surface area contributed by atoms with Gasteiger partial charge in [-0.1, -0.05) is 24.8 Å². The topological polar surface area (TPSA) is 63.3 Å². The lowest BCUT2D eigenvalue weighted by Crippen LogP contribution is -2.25. The molecule has 0 aliphatic rings. The fourth-order valence-electron chi connectivity index (χ4n) is 1.22. The first kappa shape index (κ1) is 11.0. The quantitative estimate of drug-likeness (QED) is 0.697. The van der Waals surface area contributed by atoms with Gasteiger partial charge in [-0.2, -0.15) is 0 Å². The summed E-state index contributed by atoms with van der Waals surface area (Å²) in [5, 5.41) is 10.3. The molecule has 15 heavy (non-hydrogen) atoms. The second kappa shape index (κ2) is 4.46. The van der Waals surface area contributed by atoms with Gasteiger partial charge in [0.05, 0.1) is 5.56 Å². The van der Waals surface area contributed by atoms with E-state index < -0.39 is 5.97 Å². The Balaban J connectivity index is 3.45. The molecule has 1 aromatic carbocycles. The monoisotopic (exact) mass is 203 g/mol. The molecule has 0 heterocycles. The molecule has 0 unspecified atom stereocenters. The van der Waals surface area contributed by atoms with E-state index in [0.29, 0.717) is 5.22 Å². The Bertz CT molecular complexity index is 515. The lowest BCUT2D eigenvalue weighted by molar-refractivity contribution is 0.0698. The van der Waals surface area contributed by atoms with Crippen molar-refractivity contribution in [3.05, 3.63) is 40.3 Å². The van der Waals surface area contributed by atoms with Crippen molar-refractivity contribution in [2.45, 2.75) is 6.92 Å². The Kier molecular flexibility index (Phi) is 3.29. The number of anilines is 1. The zero-order chi connectivity index (χ0) is 11.4. The number of nitrogens with two attached hydrogens (primary N) is 1. The van der Waals surface area contributed by atoms with Gasteiger partial charge in [-0.3, -0.25) is 0 Å². The SMILES string of the molecule is C=c1cc(C(=O)O)c(N)c/c1=C/C=C\C. The number of allylic oxidation sites excluding steroid dienone is 2. The molecule has 78 valence electrons. The summed E-state index contributed by atoms with van der Waals surface area (Å²) in [5.41, 5.74) is 5.96. The van der Waals surface area contributed by atoms with Crippen LogP contribution in [-0.2, 0) is 0 Å². The molecular formula is C12H13NO2. The van der Waals surface area contributed by atoms with Gasteiger partial charge in [0.15, 0.2) is 0 Å². The van der Waals surface area contributed by atoms with Crippen LogP contribution in [0.2, 0.25) is 0 Å². The molecule has 0 fully saturated rings. The summed E-state index contributed by atoms with van der Waals surface area (Å²) in [6.07, 6.45) is 5.56. The van der Waals surface area contributed by atoms with Crippen LogP contribution < -0.4 is 16.2 Å². The molecule has 0 bridgehead atoms. The number of carboxylic acids is 1. The summed E-state index contributed by atoms with van der Waals surface area (Å²) in [4.78, 5) is 10.8. The second-order valence-corrected chi connectivity index (χ2v) is 3.14. The van der Waals surface area contributed by atoms with Gasteiger partial charge in [-0.05, 0) is 29.5 Å². The van der Waals surface area contributed by atoms with E-state index >= 15 is 0 Å². The van der Waals surface area contributed by atoms with Crippen LogP contribution in [0.25, 0.3) is 12.7 Å². The highest BCUT2D eigenvalue weighted by Gasteiger charge is 2.06. The Morgan fingerprint density at radius 1 is 1.53 bits per heavy atom. The maximum atomic E-state index is 10.8. The van der Waals surface area contributed by atoms with E-state index in [1.54, 1.807) is 6.07 Å². The van der Waals surface area contributed by atoms with Crippen molar-refractivity contribution >= 4 is 24.3 Å². The van der Waals surface area contributed by atoms with Crippen LogP contribution in [0.5, 0.6) is 0 Å². The molecule has 0 aliphatic carbocycles. The summed E-state index contributed by atoms with van der Waals surface area (Å²) < 4.78 is 0. The number of hydrogen-bond acceptors (Lipinski definition) is 2. The lowest BCUT2D eigenvalue weighted by atomic mass is 10.1. The predicted octanol–water partition coefficient (Wildman–Crippen LogP) is 0.734. The molecule has 3 heteroatoms. The van der Waals surface area contributed by atoms with Gasteiger partial charge in [-0.15, -0.1) is 0 Å². The Labute approximate surface area is 87.8 Å². The van der Waals surface area contributed by atoms with Gasteiger partial charge in [0.1, 0.15) is 0 Å². The van der Waals surface area contributed by atoms with E-state index in [1.807, 2.05) is 25.2 Å². The number of benzene rings is 1. The molecular weight excluding hydrogens is 190 g/mol. The summed E-state index contributed by atoms with van der Waals surface area (Å²) >= 11 is 0. The third-order valence-electron chi connectivity index (χ3n) is 2.01. The molecule has 1 aromatic rings. The van der Waals surface area contributed by atoms with Gasteiger partial charge in [0, 0.05) is 5.69 Å². The molecule has 0 saturated heterocycles. The zero-order valence-corrected chi connectivity index (χ0v) is 8.53. The summed E-state index contributed by atoms with van der Waals surface area (Å²) in [6.45, 7) is 5.67. The van der Waals surface area contributed by atoms with E-state index in [0.717, 1.165) is 5.22 Å². The van der Waals surface area contributed by atoms with Gasteiger partial charge < -0.3 is 10.8 Å². The van der Waals surface area contributed by atoms with Crippen LogP contribution in [0.4, 0.5) is 5.69 Å². The highest BCUT2D eigenvalue weighted by atomic mass is 16.4. The zero-order valence-electron chi connectivity index (χ0n) is 8.53. The minimum Gasteiger partial charge on any atom is -0.478 e. The van der Waals surface area contributed by atoms with Gasteiger partial charge >= 0.3 is 5.97 Å². The Morgan fingerprint density at radius 2 is 2.20 bits per heavy atom. The van der Waals surface area contributed by atoms with Crippen LogP contribution in [0.3, 0.4) is 0 Å². The van der Waals surface area contributed by atoms with E-state index in [2.05, 4.69) is 6.58 Å².